The molecule has 1 aromatic heterocycles. The number of aromatic hydroxyl groups is 1. The van der Waals surface area contributed by atoms with Crippen molar-refractivity contribution < 1.29 is 36.6 Å². The molecule has 0 aliphatic heterocycles. The summed E-state index contributed by atoms with van der Waals surface area (Å²) >= 11 is 0. The molecule has 0 spiro atoms. The molecule has 0 atom stereocenters. The van der Waals surface area contributed by atoms with Crippen LogP contribution in [0.25, 0.3) is 21.7 Å². The van der Waals surface area contributed by atoms with Crippen molar-refractivity contribution in [2.75, 3.05) is 0 Å². The van der Waals surface area contributed by atoms with Crippen molar-refractivity contribution in [3.8, 4) is 5.75 Å². The first-order valence-electron chi connectivity index (χ1n) is 8.99. The average molecular weight is 433 g/mol. The van der Waals surface area contributed by atoms with Gasteiger partial charge in [0.1, 0.15) is 5.75 Å². The molecule has 3 aromatic rings. The molecule has 0 radical (unpaired) electrons. The molecule has 3 rings (SSSR count). The zero-order valence-electron chi connectivity index (χ0n) is 15.6. The van der Waals surface area contributed by atoms with E-state index in [4.69, 9.17) is 0 Å². The van der Waals surface area contributed by atoms with Crippen molar-refractivity contribution in [2.45, 2.75) is 44.3 Å². The summed E-state index contributed by atoms with van der Waals surface area (Å²) in [5, 5.41) is 20.1. The highest BCUT2D eigenvalue weighted by Crippen LogP contribution is 2.51. The van der Waals surface area contributed by atoms with Crippen LogP contribution in [0, 0.1) is 0 Å². The van der Waals surface area contributed by atoms with Gasteiger partial charge in [0, 0.05) is 22.9 Å². The van der Waals surface area contributed by atoms with E-state index >= 15 is 0 Å². The van der Waals surface area contributed by atoms with Gasteiger partial charge in [-0.15, -0.1) is 0 Å². The van der Waals surface area contributed by atoms with Gasteiger partial charge in [0.2, 0.25) is 0 Å². The summed E-state index contributed by atoms with van der Waals surface area (Å²) < 4.78 is 81.1. The Hall–Kier alpha value is -2.75. The summed E-state index contributed by atoms with van der Waals surface area (Å²) in [5.74, 6) is -0.964. The molecule has 10 heteroatoms. The van der Waals surface area contributed by atoms with Crippen LogP contribution in [-0.2, 0) is 12.1 Å². The minimum absolute atomic E-state index is 0.0640. The molecule has 0 saturated heterocycles. The van der Waals surface area contributed by atoms with E-state index in [1.807, 2.05) is 6.92 Å². The van der Waals surface area contributed by atoms with E-state index in [9.17, 15) is 41.4 Å². The van der Waals surface area contributed by atoms with Gasteiger partial charge in [0.05, 0.1) is 5.52 Å². The second-order valence-corrected chi connectivity index (χ2v) is 6.95. The van der Waals surface area contributed by atoms with Crippen LogP contribution in [0.1, 0.15) is 25.3 Å². The second-order valence-electron chi connectivity index (χ2n) is 6.95. The van der Waals surface area contributed by atoms with Gasteiger partial charge >= 0.3 is 12.4 Å². The number of aliphatic hydroxyl groups is 1. The molecule has 2 N–H and O–H groups in total. The van der Waals surface area contributed by atoms with Crippen molar-refractivity contribution >= 4 is 21.7 Å². The first-order valence-corrected chi connectivity index (χ1v) is 8.99. The lowest BCUT2D eigenvalue weighted by atomic mass is 9.89. The van der Waals surface area contributed by atoms with E-state index in [0.29, 0.717) is 18.9 Å². The van der Waals surface area contributed by atoms with Crippen LogP contribution in [0.4, 0.5) is 26.3 Å². The summed E-state index contributed by atoms with van der Waals surface area (Å²) in [6.45, 7) is 1.94. The number of unbranched alkanes of at least 4 members (excludes halogenated alkanes) is 1. The monoisotopic (exact) mass is 433 g/mol. The second kappa shape index (κ2) is 7.19. The van der Waals surface area contributed by atoms with E-state index in [2.05, 4.69) is 0 Å². The highest BCUT2D eigenvalue weighted by Gasteiger charge is 2.71. The lowest BCUT2D eigenvalue weighted by Crippen LogP contribution is -2.53. The molecular formula is C20H17F6NO3. The van der Waals surface area contributed by atoms with Gasteiger partial charge in [0.15, 0.2) is 0 Å². The number of halogens is 6. The third-order valence-electron chi connectivity index (χ3n) is 5.03. The maximum absolute atomic E-state index is 13.3. The number of hydrogen-bond acceptors (Lipinski definition) is 3. The SMILES string of the molecule is CCCCn1c(=O)c2ccccc2c2cc(C(O)(C(F)(F)F)C(F)(F)F)cc(O)c21. The van der Waals surface area contributed by atoms with Gasteiger partial charge in [-0.25, -0.2) is 0 Å². The van der Waals surface area contributed by atoms with Crippen LogP contribution in [0.3, 0.4) is 0 Å². The number of aryl methyl sites for hydroxylation is 1. The van der Waals surface area contributed by atoms with Crippen LogP contribution >= 0.6 is 0 Å². The van der Waals surface area contributed by atoms with Crippen molar-refractivity contribution in [2.24, 2.45) is 0 Å². The largest absolute Gasteiger partial charge is 0.506 e. The molecule has 2 aromatic carbocycles. The van der Waals surface area contributed by atoms with Crippen molar-refractivity contribution in [3.63, 3.8) is 0 Å². The Morgan fingerprint density at radius 2 is 1.50 bits per heavy atom. The standard InChI is InChI=1S/C20H17F6NO3/c1-2-3-8-27-16-14(12-6-4-5-7-13(12)17(27)29)9-11(10-15(16)28)18(30,19(21,22)23)20(24,25)26/h4-7,9-10,28,30H,2-3,8H2,1H3. The number of phenols is 1. The highest BCUT2D eigenvalue weighted by atomic mass is 19.4. The van der Waals surface area contributed by atoms with Crippen molar-refractivity contribution in [3.05, 3.63) is 52.3 Å². The molecule has 0 aliphatic rings. The topological polar surface area (TPSA) is 62.5 Å². The van der Waals surface area contributed by atoms with Crippen LogP contribution < -0.4 is 5.56 Å². The Kier molecular flexibility index (Phi) is 5.26. The molecule has 162 valence electrons. The molecule has 30 heavy (non-hydrogen) atoms. The number of nitrogens with zero attached hydrogens (tertiary/aromatic N) is 1. The molecule has 0 aliphatic carbocycles. The summed E-state index contributed by atoms with van der Waals surface area (Å²) in [6.07, 6.45) is -11.1. The number of rotatable bonds is 4. The van der Waals surface area contributed by atoms with Crippen LogP contribution in [-0.4, -0.2) is 27.1 Å². The van der Waals surface area contributed by atoms with E-state index in [1.54, 1.807) is 0 Å². The predicted octanol–water partition coefficient (Wildman–Crippen LogP) is 4.97. The quantitative estimate of drug-likeness (QED) is 0.451. The summed E-state index contributed by atoms with van der Waals surface area (Å²) in [7, 11) is 0. The smallest absolute Gasteiger partial charge is 0.430 e. The fourth-order valence-corrected chi connectivity index (χ4v) is 3.49. The molecular weight excluding hydrogens is 416 g/mol. The molecule has 0 fully saturated rings. The zero-order valence-corrected chi connectivity index (χ0v) is 15.6. The number of alkyl halides is 6. The van der Waals surface area contributed by atoms with Gasteiger partial charge in [0.25, 0.3) is 11.2 Å². The zero-order chi connectivity index (χ0) is 22.5. The number of aromatic nitrogens is 1. The Balaban J connectivity index is 2.50. The first kappa shape index (κ1) is 21.9. The fourth-order valence-electron chi connectivity index (χ4n) is 3.49. The maximum atomic E-state index is 13.3. The van der Waals surface area contributed by atoms with Crippen molar-refractivity contribution in [1.29, 1.82) is 0 Å². The van der Waals surface area contributed by atoms with Crippen LogP contribution in [0.5, 0.6) is 5.75 Å². The van der Waals surface area contributed by atoms with E-state index in [1.165, 1.54) is 24.3 Å². The third-order valence-corrected chi connectivity index (χ3v) is 5.03. The number of phenolic OH excluding ortho intramolecular Hbond substituents is 1. The fraction of sp³-hybridized carbons (Fsp3) is 0.350. The predicted molar refractivity (Wildman–Crippen MR) is 98.3 cm³/mol. The van der Waals surface area contributed by atoms with E-state index < -0.39 is 34.8 Å². The minimum atomic E-state index is -6.10. The molecule has 0 amide bonds. The lowest BCUT2D eigenvalue weighted by molar-refractivity contribution is -0.376. The van der Waals surface area contributed by atoms with E-state index in [0.717, 1.165) is 4.57 Å². The number of pyridine rings is 1. The molecule has 0 saturated carbocycles. The Morgan fingerprint density at radius 3 is 2.03 bits per heavy atom. The van der Waals surface area contributed by atoms with Crippen LogP contribution in [0.15, 0.2) is 41.2 Å². The number of benzene rings is 2. The molecule has 0 unspecified atom stereocenters. The molecule has 0 bridgehead atoms. The first-order chi connectivity index (χ1) is 13.8. The third kappa shape index (κ3) is 3.19. The molecule has 4 nitrogen and oxygen atoms in total. The van der Waals surface area contributed by atoms with Crippen molar-refractivity contribution in [1.82, 2.24) is 4.57 Å². The Morgan fingerprint density at radius 1 is 0.933 bits per heavy atom. The summed E-state index contributed by atoms with van der Waals surface area (Å²) in [4.78, 5) is 12.8. The lowest BCUT2D eigenvalue weighted by Gasteiger charge is -2.33. The van der Waals surface area contributed by atoms with Gasteiger partial charge in [-0.05, 0) is 30.0 Å². The van der Waals surface area contributed by atoms with Gasteiger partial charge in [-0.1, -0.05) is 31.5 Å². The molecule has 1 heterocycles. The van der Waals surface area contributed by atoms with Gasteiger partial charge in [-0.2, -0.15) is 26.3 Å². The number of fused-ring (bicyclic) bond motifs is 3. The number of hydrogen-bond donors (Lipinski definition) is 2. The van der Waals surface area contributed by atoms with Crippen LogP contribution in [0.2, 0.25) is 0 Å². The minimum Gasteiger partial charge on any atom is -0.506 e. The van der Waals surface area contributed by atoms with E-state index in [-0.39, 0.29) is 34.3 Å². The normalized spacial score (nSPS) is 13.3. The van der Waals surface area contributed by atoms with Gasteiger partial charge < -0.3 is 14.8 Å². The Bertz CT molecular complexity index is 1150. The van der Waals surface area contributed by atoms with Gasteiger partial charge in [-0.3, -0.25) is 4.79 Å². The summed E-state index contributed by atoms with van der Waals surface area (Å²) in [5.41, 5.74) is -7.51. The maximum Gasteiger partial charge on any atom is 0.430 e. The average Bonchev–Trinajstić information content (AvgIpc) is 2.65. The highest BCUT2D eigenvalue weighted by molar-refractivity contribution is 6.07. The summed E-state index contributed by atoms with van der Waals surface area (Å²) in [6, 6.07) is 6.45. The Labute approximate surface area is 166 Å².